The zero-order valence-corrected chi connectivity index (χ0v) is 12.6. The number of imidazole rings is 1. The van der Waals surface area contributed by atoms with Crippen LogP contribution in [0.4, 0.5) is 32.3 Å². The van der Waals surface area contributed by atoms with Gasteiger partial charge in [-0.25, -0.2) is 4.57 Å². The molecule has 26 heavy (non-hydrogen) atoms. The molecule has 2 atom stereocenters. The highest BCUT2D eigenvalue weighted by Crippen LogP contribution is 2.24. The number of aliphatic hydroxyl groups is 2. The largest absolute Gasteiger partial charge is 0.435 e. The molecule has 1 heterocycles. The van der Waals surface area contributed by atoms with Gasteiger partial charge >= 0.3 is 18.3 Å². The summed E-state index contributed by atoms with van der Waals surface area (Å²) in [6.07, 6.45) is -15.0. The minimum absolute atomic E-state index is 0.0833. The Morgan fingerprint density at radius 1 is 1.19 bits per heavy atom. The fourth-order valence-corrected chi connectivity index (χ4v) is 1.75. The third kappa shape index (κ3) is 5.83. The van der Waals surface area contributed by atoms with Crippen molar-refractivity contribution in [2.24, 2.45) is 0 Å². The van der Waals surface area contributed by atoms with E-state index in [0.29, 0.717) is 4.57 Å². The van der Waals surface area contributed by atoms with Gasteiger partial charge in [0.15, 0.2) is 18.8 Å². The molecule has 0 spiro atoms. The van der Waals surface area contributed by atoms with Crippen LogP contribution >= 0.6 is 0 Å². The second kappa shape index (κ2) is 7.86. The molecule has 1 rings (SSSR count). The van der Waals surface area contributed by atoms with E-state index in [-0.39, 0.29) is 4.90 Å². The molecule has 15 heteroatoms. The molecule has 9 nitrogen and oxygen atoms in total. The number of alkyl halides is 6. The maximum absolute atomic E-state index is 12.4. The number of aromatic nitrogens is 2. The molecule has 1 aromatic rings. The Hall–Kier alpha value is -2.42. The molecule has 0 aromatic carbocycles. The molecule has 0 bridgehead atoms. The molecule has 2 unspecified atom stereocenters. The van der Waals surface area contributed by atoms with Crippen LogP contribution in [0.2, 0.25) is 0 Å². The zero-order valence-electron chi connectivity index (χ0n) is 12.6. The standard InChI is InChI=1S/C11H12F6N4O5/c12-10(13,14)6(22)3-20(4-7(23)11(15,16)17)8(24)5-19-2-1-18-9(19)21(25)26/h1-2,6-7,22-23H,3-5H2. The fraction of sp³-hybridized carbons (Fsp3) is 0.636. The smallest absolute Gasteiger partial charge is 0.390 e. The Balaban J connectivity index is 3.00. The van der Waals surface area contributed by atoms with Gasteiger partial charge in [0, 0.05) is 0 Å². The number of hydrogen-bond acceptors (Lipinski definition) is 6. The van der Waals surface area contributed by atoms with Gasteiger partial charge in [-0.05, 0) is 4.92 Å². The highest BCUT2D eigenvalue weighted by Gasteiger charge is 2.44. The van der Waals surface area contributed by atoms with Crippen molar-refractivity contribution in [2.45, 2.75) is 31.1 Å². The summed E-state index contributed by atoms with van der Waals surface area (Å²) in [7, 11) is 0. The topological polar surface area (TPSA) is 122 Å². The molecule has 0 aliphatic carbocycles. The molecule has 0 aliphatic rings. The summed E-state index contributed by atoms with van der Waals surface area (Å²) in [5, 5.41) is 28.6. The monoisotopic (exact) mass is 394 g/mol. The van der Waals surface area contributed by atoms with Crippen molar-refractivity contribution in [3.63, 3.8) is 0 Å². The summed E-state index contributed by atoms with van der Waals surface area (Å²) >= 11 is 0. The van der Waals surface area contributed by atoms with E-state index in [0.717, 1.165) is 12.4 Å². The van der Waals surface area contributed by atoms with Crippen molar-refractivity contribution in [1.82, 2.24) is 14.5 Å². The van der Waals surface area contributed by atoms with E-state index in [1.54, 1.807) is 0 Å². The predicted octanol–water partition coefficient (Wildman–Crippen LogP) is 0.466. The Morgan fingerprint density at radius 2 is 1.65 bits per heavy atom. The molecule has 0 saturated carbocycles. The summed E-state index contributed by atoms with van der Waals surface area (Å²) in [6.45, 7) is -4.22. The Morgan fingerprint density at radius 3 is 2.04 bits per heavy atom. The number of amides is 1. The van der Waals surface area contributed by atoms with Crippen LogP contribution in [0.5, 0.6) is 0 Å². The summed E-state index contributed by atoms with van der Waals surface area (Å²) in [6, 6.07) is 0. The van der Waals surface area contributed by atoms with Crippen LogP contribution in [-0.4, -0.2) is 73.1 Å². The molecule has 2 N–H and O–H groups in total. The second-order valence-electron chi connectivity index (χ2n) is 5.03. The summed E-state index contributed by atoms with van der Waals surface area (Å²) in [4.78, 5) is 24.8. The zero-order chi connectivity index (χ0) is 20.3. The van der Waals surface area contributed by atoms with E-state index in [4.69, 9.17) is 10.2 Å². The molecule has 148 valence electrons. The minimum atomic E-state index is -5.23. The molecular weight excluding hydrogens is 382 g/mol. The molecule has 1 aromatic heterocycles. The van der Waals surface area contributed by atoms with Gasteiger partial charge in [0.2, 0.25) is 0 Å². The number of rotatable bonds is 7. The van der Waals surface area contributed by atoms with Gasteiger partial charge in [-0.1, -0.05) is 4.98 Å². The quantitative estimate of drug-likeness (QED) is 0.394. The third-order valence-corrected chi connectivity index (χ3v) is 3.06. The summed E-state index contributed by atoms with van der Waals surface area (Å²) < 4.78 is 75.1. The lowest BCUT2D eigenvalue weighted by molar-refractivity contribution is -0.396. The van der Waals surface area contributed by atoms with Gasteiger partial charge in [-0.15, -0.1) is 0 Å². The number of hydrogen-bond donors (Lipinski definition) is 2. The lowest BCUT2D eigenvalue weighted by Gasteiger charge is -2.28. The normalized spacial score (nSPS) is 14.8. The lowest BCUT2D eigenvalue weighted by atomic mass is 10.2. The molecule has 0 saturated heterocycles. The lowest BCUT2D eigenvalue weighted by Crippen LogP contribution is -2.50. The van der Waals surface area contributed by atoms with E-state index in [9.17, 15) is 41.3 Å². The molecule has 0 radical (unpaired) electrons. The average molecular weight is 394 g/mol. The van der Waals surface area contributed by atoms with Crippen molar-refractivity contribution in [3.05, 3.63) is 22.5 Å². The number of halogens is 6. The van der Waals surface area contributed by atoms with Gasteiger partial charge in [-0.2, -0.15) is 26.3 Å². The van der Waals surface area contributed by atoms with E-state index >= 15 is 0 Å². The highest BCUT2D eigenvalue weighted by molar-refractivity contribution is 5.76. The van der Waals surface area contributed by atoms with Gasteiger partial charge in [0.05, 0.1) is 13.1 Å². The van der Waals surface area contributed by atoms with E-state index in [1.807, 2.05) is 0 Å². The molecule has 0 aliphatic heterocycles. The summed E-state index contributed by atoms with van der Waals surface area (Å²) in [5.41, 5.74) is 0. The van der Waals surface area contributed by atoms with E-state index < -0.39 is 61.0 Å². The average Bonchev–Trinajstić information content (AvgIpc) is 2.92. The maximum atomic E-state index is 12.4. The Labute approximate surface area is 140 Å². The maximum Gasteiger partial charge on any atom is 0.435 e. The van der Waals surface area contributed by atoms with Crippen LogP contribution < -0.4 is 0 Å². The van der Waals surface area contributed by atoms with E-state index in [2.05, 4.69) is 4.98 Å². The predicted molar refractivity (Wildman–Crippen MR) is 69.6 cm³/mol. The molecule has 0 fully saturated rings. The Kier molecular flexibility index (Phi) is 6.54. The summed E-state index contributed by atoms with van der Waals surface area (Å²) in [5.74, 6) is -2.30. The highest BCUT2D eigenvalue weighted by atomic mass is 19.4. The fourth-order valence-electron chi connectivity index (χ4n) is 1.75. The minimum Gasteiger partial charge on any atom is -0.390 e. The first kappa shape index (κ1) is 21.6. The number of carbonyl (C=O) groups is 1. The SMILES string of the molecule is O=C(Cn1ccnc1[N+](=O)[O-])N(CC(O)C(F)(F)F)CC(O)C(F)(F)F. The van der Waals surface area contributed by atoms with Crippen LogP contribution in [0.3, 0.4) is 0 Å². The van der Waals surface area contributed by atoms with Crippen LogP contribution in [-0.2, 0) is 11.3 Å². The van der Waals surface area contributed by atoms with Gasteiger partial charge in [-0.3, -0.25) is 4.79 Å². The molecule has 1 amide bonds. The number of carbonyl (C=O) groups excluding carboxylic acids is 1. The number of nitrogens with zero attached hydrogens (tertiary/aromatic N) is 4. The first-order valence-electron chi connectivity index (χ1n) is 6.66. The van der Waals surface area contributed by atoms with Gasteiger partial charge in [0.1, 0.15) is 12.4 Å². The van der Waals surface area contributed by atoms with Crippen LogP contribution in [0.15, 0.2) is 12.4 Å². The van der Waals surface area contributed by atoms with Gasteiger partial charge < -0.3 is 25.2 Å². The van der Waals surface area contributed by atoms with E-state index in [1.165, 1.54) is 0 Å². The van der Waals surface area contributed by atoms with Crippen LogP contribution in [0.25, 0.3) is 0 Å². The molecular formula is C11H12F6N4O5. The number of aliphatic hydroxyl groups excluding tert-OH is 2. The van der Waals surface area contributed by atoms with Crippen molar-refractivity contribution >= 4 is 11.9 Å². The van der Waals surface area contributed by atoms with Crippen molar-refractivity contribution in [1.29, 1.82) is 0 Å². The third-order valence-electron chi connectivity index (χ3n) is 3.06. The van der Waals surface area contributed by atoms with Crippen molar-refractivity contribution in [3.8, 4) is 0 Å². The number of nitro groups is 1. The van der Waals surface area contributed by atoms with Gasteiger partial charge in [0.25, 0.3) is 5.91 Å². The first-order chi connectivity index (χ1) is 11.7. The van der Waals surface area contributed by atoms with Crippen molar-refractivity contribution in [2.75, 3.05) is 13.1 Å². The second-order valence-corrected chi connectivity index (χ2v) is 5.03. The van der Waals surface area contributed by atoms with Crippen LogP contribution in [0.1, 0.15) is 0 Å². The van der Waals surface area contributed by atoms with Crippen LogP contribution in [0, 0.1) is 10.1 Å². The Bertz CT molecular complexity index is 624. The first-order valence-corrected chi connectivity index (χ1v) is 6.66. The van der Waals surface area contributed by atoms with Crippen molar-refractivity contribution < 1.29 is 46.3 Å².